The lowest BCUT2D eigenvalue weighted by molar-refractivity contribution is -0.140. The van der Waals surface area contributed by atoms with Crippen molar-refractivity contribution in [3.8, 4) is 5.75 Å². The summed E-state index contributed by atoms with van der Waals surface area (Å²) < 4.78 is 5.43. The van der Waals surface area contributed by atoms with Crippen LogP contribution in [-0.2, 0) is 10.5 Å². The molecule has 27 heavy (non-hydrogen) atoms. The van der Waals surface area contributed by atoms with E-state index in [1.807, 2.05) is 6.92 Å². The van der Waals surface area contributed by atoms with Gasteiger partial charge in [0.05, 0.1) is 12.3 Å². The number of benzene rings is 2. The molecule has 1 aliphatic carbocycles. The van der Waals surface area contributed by atoms with E-state index in [9.17, 15) is 14.7 Å². The van der Waals surface area contributed by atoms with E-state index in [4.69, 9.17) is 4.74 Å². The summed E-state index contributed by atoms with van der Waals surface area (Å²) in [6, 6.07) is 12.9. The van der Waals surface area contributed by atoms with Crippen LogP contribution in [0.4, 0.5) is 16.2 Å². The van der Waals surface area contributed by atoms with Crippen LogP contribution in [0.3, 0.4) is 0 Å². The van der Waals surface area contributed by atoms with Crippen molar-refractivity contribution >= 4 is 23.3 Å². The molecule has 2 aromatic rings. The second-order valence-corrected chi connectivity index (χ2v) is 6.66. The molecule has 1 atom stereocenters. The van der Waals surface area contributed by atoms with Crippen molar-refractivity contribution in [2.75, 3.05) is 16.8 Å². The minimum atomic E-state index is -2.14. The summed E-state index contributed by atoms with van der Waals surface area (Å²) in [5.41, 5.74) is -1.01. The number of nitrogens with one attached hydrogen (secondary N) is 2. The quantitative estimate of drug-likeness (QED) is 0.757. The minimum absolute atomic E-state index is 0.0425. The normalized spacial score (nSPS) is 21.3. The summed E-state index contributed by atoms with van der Waals surface area (Å²) in [6.45, 7) is 2.40. The van der Waals surface area contributed by atoms with Crippen LogP contribution in [0.1, 0.15) is 25.3 Å². The number of nitrogens with zero attached hydrogens (tertiary/aromatic N) is 1. The van der Waals surface area contributed by atoms with Crippen LogP contribution in [0, 0.1) is 0 Å². The molecule has 0 aromatic heterocycles. The Bertz CT molecular complexity index is 879. The summed E-state index contributed by atoms with van der Waals surface area (Å²) >= 11 is 0. The smallest absolute Gasteiger partial charge is 0.329 e. The molecule has 0 spiro atoms. The zero-order chi connectivity index (χ0) is 19.0. The Morgan fingerprint density at radius 2 is 1.96 bits per heavy atom. The van der Waals surface area contributed by atoms with Crippen molar-refractivity contribution in [1.82, 2.24) is 5.32 Å². The van der Waals surface area contributed by atoms with Crippen molar-refractivity contribution < 1.29 is 19.4 Å². The van der Waals surface area contributed by atoms with Crippen LogP contribution < -0.4 is 20.3 Å². The Hall–Kier alpha value is -3.06. The Balaban J connectivity index is 1.79. The Kier molecular flexibility index (Phi) is 4.24. The van der Waals surface area contributed by atoms with E-state index >= 15 is 0 Å². The molecular weight excluding hydrogens is 346 g/mol. The van der Waals surface area contributed by atoms with Gasteiger partial charge in [-0.2, -0.15) is 0 Å². The highest BCUT2D eigenvalue weighted by Gasteiger charge is 2.52. The van der Waals surface area contributed by atoms with Crippen molar-refractivity contribution in [3.63, 3.8) is 0 Å². The summed E-state index contributed by atoms with van der Waals surface area (Å²) in [7, 11) is 0. The van der Waals surface area contributed by atoms with E-state index < -0.39 is 17.7 Å². The molecule has 2 aromatic carbocycles. The fourth-order valence-electron chi connectivity index (χ4n) is 3.23. The number of carbonyl (C=O) groups excluding carboxylic acids is 2. The largest absolute Gasteiger partial charge is 0.494 e. The summed E-state index contributed by atoms with van der Waals surface area (Å²) in [4.78, 5) is 26.9. The fraction of sp³-hybridized carbons (Fsp3) is 0.300. The molecule has 1 heterocycles. The molecule has 1 fully saturated rings. The number of para-hydroxylation sites is 1. The summed E-state index contributed by atoms with van der Waals surface area (Å²) in [5.74, 6) is 0.0335. The van der Waals surface area contributed by atoms with Gasteiger partial charge in [-0.1, -0.05) is 18.2 Å². The topological polar surface area (TPSA) is 90.9 Å². The molecule has 0 saturated heterocycles. The molecule has 2 aliphatic rings. The SMILES string of the molecule is CCOc1ccc(N2C(=O)Nc3ccccc3C2(O)C(=O)NC2CC2)cc1. The van der Waals surface area contributed by atoms with Crippen molar-refractivity contribution in [3.05, 3.63) is 54.1 Å². The molecule has 140 valence electrons. The molecule has 4 rings (SSSR count). The van der Waals surface area contributed by atoms with Crippen LogP contribution in [0.5, 0.6) is 5.75 Å². The summed E-state index contributed by atoms with van der Waals surface area (Å²) in [6.07, 6.45) is 1.75. The van der Waals surface area contributed by atoms with Crippen LogP contribution in [0.15, 0.2) is 48.5 Å². The number of urea groups is 1. The zero-order valence-corrected chi connectivity index (χ0v) is 14.9. The molecule has 7 nitrogen and oxygen atoms in total. The standard InChI is InChI=1S/C20H21N3O4/c1-2-27-15-11-9-14(10-12-15)23-19(25)22-17-6-4-3-5-16(17)20(23,26)18(24)21-13-7-8-13/h3-6,9-13,26H,2,7-8H2,1H3,(H,21,24)(H,22,25). The maximum atomic E-state index is 13.0. The molecule has 3 amide bonds. The number of rotatable bonds is 5. The number of aliphatic hydroxyl groups is 1. The Morgan fingerprint density at radius 3 is 2.63 bits per heavy atom. The van der Waals surface area contributed by atoms with Gasteiger partial charge in [0.25, 0.3) is 11.6 Å². The van der Waals surface area contributed by atoms with Gasteiger partial charge in [0, 0.05) is 17.3 Å². The predicted molar refractivity (Wildman–Crippen MR) is 101 cm³/mol. The third-order valence-electron chi connectivity index (χ3n) is 4.71. The fourth-order valence-corrected chi connectivity index (χ4v) is 3.23. The predicted octanol–water partition coefficient (Wildman–Crippen LogP) is 2.56. The highest BCUT2D eigenvalue weighted by Crippen LogP contribution is 2.40. The first-order chi connectivity index (χ1) is 13.0. The molecule has 7 heteroatoms. The van der Waals surface area contributed by atoms with Gasteiger partial charge >= 0.3 is 6.03 Å². The van der Waals surface area contributed by atoms with Crippen molar-refractivity contribution in [2.24, 2.45) is 0 Å². The van der Waals surface area contributed by atoms with Gasteiger partial charge < -0.3 is 20.5 Å². The first kappa shape index (κ1) is 17.4. The maximum Gasteiger partial charge on any atom is 0.329 e. The molecule has 3 N–H and O–H groups in total. The summed E-state index contributed by atoms with van der Waals surface area (Å²) in [5, 5.41) is 17.1. The number of ether oxygens (including phenoxy) is 1. The van der Waals surface area contributed by atoms with Crippen LogP contribution in [0.2, 0.25) is 0 Å². The first-order valence-corrected chi connectivity index (χ1v) is 9.01. The third kappa shape index (κ3) is 3.00. The Morgan fingerprint density at radius 1 is 1.26 bits per heavy atom. The molecule has 0 bridgehead atoms. The lowest BCUT2D eigenvalue weighted by Crippen LogP contribution is -2.62. The minimum Gasteiger partial charge on any atom is -0.494 e. The lowest BCUT2D eigenvalue weighted by Gasteiger charge is -2.42. The van der Waals surface area contributed by atoms with Gasteiger partial charge in [-0.15, -0.1) is 0 Å². The second-order valence-electron chi connectivity index (χ2n) is 6.66. The highest BCUT2D eigenvalue weighted by molar-refractivity contribution is 6.11. The van der Waals surface area contributed by atoms with Gasteiger partial charge in [-0.25, -0.2) is 4.79 Å². The van der Waals surface area contributed by atoms with E-state index in [2.05, 4.69) is 10.6 Å². The third-order valence-corrected chi connectivity index (χ3v) is 4.71. The van der Waals surface area contributed by atoms with Crippen LogP contribution in [-0.4, -0.2) is 29.7 Å². The average Bonchev–Trinajstić information content (AvgIpc) is 3.47. The van der Waals surface area contributed by atoms with E-state index in [1.165, 1.54) is 0 Å². The van der Waals surface area contributed by atoms with Crippen molar-refractivity contribution in [2.45, 2.75) is 31.5 Å². The number of fused-ring (bicyclic) bond motifs is 1. The number of carbonyl (C=O) groups is 2. The molecule has 1 aliphatic heterocycles. The van der Waals surface area contributed by atoms with E-state index in [1.54, 1.807) is 48.5 Å². The van der Waals surface area contributed by atoms with Gasteiger partial charge in [-0.05, 0) is 50.1 Å². The van der Waals surface area contributed by atoms with Gasteiger partial charge in [-0.3, -0.25) is 9.69 Å². The number of hydrogen-bond acceptors (Lipinski definition) is 4. The van der Waals surface area contributed by atoms with E-state index in [0.717, 1.165) is 17.7 Å². The number of anilines is 2. The number of hydrogen-bond donors (Lipinski definition) is 3. The average molecular weight is 367 g/mol. The molecule has 1 saturated carbocycles. The van der Waals surface area contributed by atoms with Gasteiger partial charge in [0.15, 0.2) is 0 Å². The van der Waals surface area contributed by atoms with Crippen LogP contribution in [0.25, 0.3) is 0 Å². The second kappa shape index (κ2) is 6.59. The zero-order valence-electron chi connectivity index (χ0n) is 14.9. The molecular formula is C20H21N3O4. The monoisotopic (exact) mass is 367 g/mol. The molecule has 0 radical (unpaired) electrons. The van der Waals surface area contributed by atoms with E-state index in [-0.39, 0.29) is 6.04 Å². The van der Waals surface area contributed by atoms with Crippen molar-refractivity contribution in [1.29, 1.82) is 0 Å². The van der Waals surface area contributed by atoms with Crippen LogP contribution >= 0.6 is 0 Å². The van der Waals surface area contributed by atoms with Gasteiger partial charge in [0.1, 0.15) is 5.75 Å². The van der Waals surface area contributed by atoms with Gasteiger partial charge in [0.2, 0.25) is 0 Å². The highest BCUT2D eigenvalue weighted by atomic mass is 16.5. The Labute approximate surface area is 156 Å². The number of amides is 3. The lowest BCUT2D eigenvalue weighted by atomic mass is 9.94. The maximum absolute atomic E-state index is 13.0. The molecule has 1 unspecified atom stereocenters. The first-order valence-electron chi connectivity index (χ1n) is 9.01. The van der Waals surface area contributed by atoms with E-state index in [0.29, 0.717) is 29.3 Å².